The summed E-state index contributed by atoms with van der Waals surface area (Å²) in [6.07, 6.45) is 0.811. The van der Waals surface area contributed by atoms with Crippen LogP contribution in [0.2, 0.25) is 0 Å². The average Bonchev–Trinajstić information content (AvgIpc) is 2.70. The highest BCUT2D eigenvalue weighted by Crippen LogP contribution is 2.22. The zero-order valence-electron chi connectivity index (χ0n) is 10.5. The van der Waals surface area contributed by atoms with Gasteiger partial charge < -0.3 is 10.3 Å². The molecule has 0 bridgehead atoms. The van der Waals surface area contributed by atoms with Crippen LogP contribution in [0.1, 0.15) is 29.4 Å². The Morgan fingerprint density at radius 1 is 1.28 bits per heavy atom. The molecule has 94 valence electrons. The minimum atomic E-state index is -0.537. The summed E-state index contributed by atoms with van der Waals surface area (Å²) >= 11 is 0. The van der Waals surface area contributed by atoms with Crippen LogP contribution in [0.3, 0.4) is 0 Å². The maximum absolute atomic E-state index is 12.1. The molecule has 4 heteroatoms. The predicted molar refractivity (Wildman–Crippen MR) is 70.7 cm³/mol. The van der Waals surface area contributed by atoms with Crippen molar-refractivity contribution in [1.29, 1.82) is 0 Å². The van der Waals surface area contributed by atoms with Gasteiger partial charge in [0.25, 0.3) is 11.7 Å². The van der Waals surface area contributed by atoms with Gasteiger partial charge in [0.1, 0.15) is 0 Å². The molecule has 0 atom stereocenters. The number of fused-ring (bicyclic) bond motifs is 1. The normalized spacial score (nSPS) is 10.6. The molecule has 0 aliphatic heterocycles. The predicted octanol–water partition coefficient (Wildman–Crippen LogP) is 2.19. The third-order valence-corrected chi connectivity index (χ3v) is 2.86. The van der Waals surface area contributed by atoms with Crippen molar-refractivity contribution in [3.05, 3.63) is 35.5 Å². The zero-order chi connectivity index (χ0) is 13.1. The summed E-state index contributed by atoms with van der Waals surface area (Å²) in [6.45, 7) is 4.27. The standard InChI is InChI=1S/C14H16N2O2/c1-3-8-15-14(18)13(17)12-9(2)16-11-7-5-4-6-10(11)12/h4-7,16H,3,8H2,1-2H3,(H,15,18). The molecule has 1 aromatic heterocycles. The minimum absolute atomic E-state index is 0.471. The molecule has 0 unspecified atom stereocenters. The first kappa shape index (κ1) is 12.4. The minimum Gasteiger partial charge on any atom is -0.358 e. The maximum atomic E-state index is 12.1. The summed E-state index contributed by atoms with van der Waals surface area (Å²) in [7, 11) is 0. The van der Waals surface area contributed by atoms with Gasteiger partial charge in [-0.25, -0.2) is 0 Å². The molecule has 2 rings (SSSR count). The molecule has 18 heavy (non-hydrogen) atoms. The Morgan fingerprint density at radius 2 is 2.00 bits per heavy atom. The van der Waals surface area contributed by atoms with Crippen LogP contribution in [0.5, 0.6) is 0 Å². The topological polar surface area (TPSA) is 62.0 Å². The van der Waals surface area contributed by atoms with Gasteiger partial charge in [0.05, 0.1) is 5.56 Å². The molecule has 1 aromatic carbocycles. The Labute approximate surface area is 105 Å². The Kier molecular flexibility index (Phi) is 3.46. The van der Waals surface area contributed by atoms with Gasteiger partial charge >= 0.3 is 0 Å². The summed E-state index contributed by atoms with van der Waals surface area (Å²) in [5.74, 6) is -1.01. The van der Waals surface area contributed by atoms with E-state index < -0.39 is 11.7 Å². The summed E-state index contributed by atoms with van der Waals surface area (Å²) < 4.78 is 0. The van der Waals surface area contributed by atoms with Crippen LogP contribution >= 0.6 is 0 Å². The Morgan fingerprint density at radius 3 is 2.72 bits per heavy atom. The Bertz CT molecular complexity index is 599. The third kappa shape index (κ3) is 2.14. The van der Waals surface area contributed by atoms with E-state index in [1.54, 1.807) is 6.92 Å². The number of hydrogen-bond donors (Lipinski definition) is 2. The summed E-state index contributed by atoms with van der Waals surface area (Å²) in [5, 5.41) is 3.41. The largest absolute Gasteiger partial charge is 0.358 e. The SMILES string of the molecule is CCCNC(=O)C(=O)c1c(C)[nH]c2ccccc12. The number of amides is 1. The first-order valence-corrected chi connectivity index (χ1v) is 6.05. The Balaban J connectivity index is 2.38. The van der Waals surface area contributed by atoms with Crippen molar-refractivity contribution >= 4 is 22.6 Å². The molecule has 2 N–H and O–H groups in total. The lowest BCUT2D eigenvalue weighted by atomic mass is 10.1. The van der Waals surface area contributed by atoms with Crippen LogP contribution in [0.15, 0.2) is 24.3 Å². The van der Waals surface area contributed by atoms with E-state index in [1.807, 2.05) is 31.2 Å². The van der Waals surface area contributed by atoms with E-state index in [2.05, 4.69) is 10.3 Å². The van der Waals surface area contributed by atoms with E-state index in [0.29, 0.717) is 12.1 Å². The number of carbonyl (C=O) groups is 2. The quantitative estimate of drug-likeness (QED) is 0.639. The van der Waals surface area contributed by atoms with Gasteiger partial charge in [-0.05, 0) is 19.4 Å². The van der Waals surface area contributed by atoms with Crippen molar-refractivity contribution in [2.75, 3.05) is 6.54 Å². The molecule has 0 aliphatic rings. The van der Waals surface area contributed by atoms with Crippen molar-refractivity contribution < 1.29 is 9.59 Å². The average molecular weight is 244 g/mol. The molecule has 1 heterocycles. The van der Waals surface area contributed by atoms with Crippen molar-refractivity contribution in [1.82, 2.24) is 10.3 Å². The fourth-order valence-corrected chi connectivity index (χ4v) is 2.00. The van der Waals surface area contributed by atoms with Crippen LogP contribution < -0.4 is 5.32 Å². The molecule has 4 nitrogen and oxygen atoms in total. The molecule has 0 aliphatic carbocycles. The number of H-pyrrole nitrogens is 1. The number of carbonyl (C=O) groups excluding carboxylic acids is 2. The molecule has 0 spiro atoms. The second kappa shape index (κ2) is 5.04. The lowest BCUT2D eigenvalue weighted by molar-refractivity contribution is -0.116. The summed E-state index contributed by atoms with van der Waals surface area (Å²) in [6, 6.07) is 7.49. The highest BCUT2D eigenvalue weighted by molar-refractivity contribution is 6.45. The fraction of sp³-hybridized carbons (Fsp3) is 0.286. The van der Waals surface area contributed by atoms with Gasteiger partial charge in [0.2, 0.25) is 0 Å². The van der Waals surface area contributed by atoms with Crippen molar-refractivity contribution in [3.8, 4) is 0 Å². The highest BCUT2D eigenvalue weighted by Gasteiger charge is 2.21. The van der Waals surface area contributed by atoms with Crippen molar-refractivity contribution in [2.45, 2.75) is 20.3 Å². The van der Waals surface area contributed by atoms with E-state index in [4.69, 9.17) is 0 Å². The van der Waals surface area contributed by atoms with Crippen LogP contribution in [-0.2, 0) is 4.79 Å². The van der Waals surface area contributed by atoms with Crippen molar-refractivity contribution in [3.63, 3.8) is 0 Å². The van der Waals surface area contributed by atoms with Crippen LogP contribution in [-0.4, -0.2) is 23.2 Å². The Hall–Kier alpha value is -2.10. The van der Waals surface area contributed by atoms with E-state index in [-0.39, 0.29) is 0 Å². The van der Waals surface area contributed by atoms with Gasteiger partial charge in [-0.1, -0.05) is 25.1 Å². The fourth-order valence-electron chi connectivity index (χ4n) is 2.00. The van der Waals surface area contributed by atoms with Crippen LogP contribution in [0.25, 0.3) is 10.9 Å². The third-order valence-electron chi connectivity index (χ3n) is 2.86. The number of rotatable bonds is 4. The lowest BCUT2D eigenvalue weighted by Crippen LogP contribution is -2.31. The van der Waals surface area contributed by atoms with E-state index in [1.165, 1.54) is 0 Å². The first-order valence-electron chi connectivity index (χ1n) is 6.05. The number of hydrogen-bond acceptors (Lipinski definition) is 2. The number of para-hydroxylation sites is 1. The second-order valence-corrected chi connectivity index (χ2v) is 4.26. The molecule has 1 amide bonds. The van der Waals surface area contributed by atoms with E-state index in [0.717, 1.165) is 23.0 Å². The van der Waals surface area contributed by atoms with Gasteiger partial charge in [-0.3, -0.25) is 9.59 Å². The summed E-state index contributed by atoms with van der Waals surface area (Å²) in [4.78, 5) is 27.0. The lowest BCUT2D eigenvalue weighted by Gasteiger charge is -2.02. The summed E-state index contributed by atoms with van der Waals surface area (Å²) in [5.41, 5.74) is 2.08. The second-order valence-electron chi connectivity index (χ2n) is 4.26. The van der Waals surface area contributed by atoms with E-state index >= 15 is 0 Å². The zero-order valence-corrected chi connectivity index (χ0v) is 10.5. The number of aromatic nitrogens is 1. The van der Waals surface area contributed by atoms with Crippen LogP contribution in [0, 0.1) is 6.92 Å². The number of aryl methyl sites for hydroxylation is 1. The van der Waals surface area contributed by atoms with Gasteiger partial charge in [-0.15, -0.1) is 0 Å². The van der Waals surface area contributed by atoms with Gasteiger partial charge in [0, 0.05) is 23.1 Å². The number of aromatic amines is 1. The van der Waals surface area contributed by atoms with Crippen LogP contribution in [0.4, 0.5) is 0 Å². The first-order chi connectivity index (χ1) is 8.65. The molecule has 0 saturated carbocycles. The van der Waals surface area contributed by atoms with Crippen molar-refractivity contribution in [2.24, 2.45) is 0 Å². The molecular formula is C14H16N2O2. The number of Topliss-reactive ketones (excluding diaryl/α,β-unsaturated/α-hetero) is 1. The smallest absolute Gasteiger partial charge is 0.292 e. The number of nitrogens with one attached hydrogen (secondary N) is 2. The maximum Gasteiger partial charge on any atom is 0.292 e. The molecular weight excluding hydrogens is 228 g/mol. The number of benzene rings is 1. The van der Waals surface area contributed by atoms with Gasteiger partial charge in [0.15, 0.2) is 0 Å². The van der Waals surface area contributed by atoms with E-state index in [9.17, 15) is 9.59 Å². The highest BCUT2D eigenvalue weighted by atomic mass is 16.2. The van der Waals surface area contributed by atoms with Gasteiger partial charge in [-0.2, -0.15) is 0 Å². The molecule has 0 fully saturated rings. The molecule has 0 saturated heterocycles. The number of ketones is 1. The monoisotopic (exact) mass is 244 g/mol. The molecule has 0 radical (unpaired) electrons. The molecule has 2 aromatic rings.